The van der Waals surface area contributed by atoms with Gasteiger partial charge in [0.15, 0.2) is 11.6 Å². The van der Waals surface area contributed by atoms with Crippen LogP contribution in [0, 0.1) is 5.92 Å². The first-order valence-corrected chi connectivity index (χ1v) is 14.2. The van der Waals surface area contributed by atoms with Crippen molar-refractivity contribution in [3.05, 3.63) is 136 Å². The van der Waals surface area contributed by atoms with E-state index in [0.29, 0.717) is 27.0 Å². The van der Waals surface area contributed by atoms with Crippen molar-refractivity contribution in [1.29, 1.82) is 0 Å². The standard InChI is InChI=1S/C34H25BrN2O4/c1-41-27-16-15-22(19-25(27)35)31(39)29-28(30(38)21-10-3-2-4-11-21)34(24-13-7-8-14-26(24)36-33(34)40)32-23-12-6-5-9-20(23)17-18-37(29)32/h2-19,28-29,32H,1H3,(H,36,40)/t28-,29+,32+,34+/m1/s1. The van der Waals surface area contributed by atoms with Crippen molar-refractivity contribution in [2.45, 2.75) is 17.5 Å². The zero-order valence-corrected chi connectivity index (χ0v) is 23.7. The molecule has 4 aromatic carbocycles. The molecule has 1 saturated heterocycles. The number of ketones is 2. The molecular weight excluding hydrogens is 580 g/mol. The number of hydrogen-bond donors (Lipinski definition) is 1. The molecule has 0 unspecified atom stereocenters. The Hall–Kier alpha value is -4.49. The summed E-state index contributed by atoms with van der Waals surface area (Å²) in [5, 5.41) is 3.08. The van der Waals surface area contributed by atoms with Gasteiger partial charge in [-0.2, -0.15) is 0 Å². The number of benzene rings is 4. The average Bonchev–Trinajstić information content (AvgIpc) is 3.49. The number of nitrogens with one attached hydrogen (secondary N) is 1. The number of halogens is 1. The number of amides is 1. The maximum atomic E-state index is 14.7. The molecule has 0 aromatic heterocycles. The number of fused-ring (bicyclic) bond motifs is 6. The van der Waals surface area contributed by atoms with Crippen LogP contribution >= 0.6 is 15.9 Å². The van der Waals surface area contributed by atoms with Crippen LogP contribution in [0.25, 0.3) is 6.08 Å². The summed E-state index contributed by atoms with van der Waals surface area (Å²) < 4.78 is 6.02. The van der Waals surface area contributed by atoms with Gasteiger partial charge in [-0.15, -0.1) is 0 Å². The molecule has 3 aliphatic heterocycles. The average molecular weight is 605 g/mol. The summed E-state index contributed by atoms with van der Waals surface area (Å²) >= 11 is 3.51. The highest BCUT2D eigenvalue weighted by molar-refractivity contribution is 9.10. The van der Waals surface area contributed by atoms with Crippen molar-refractivity contribution in [2.24, 2.45) is 5.92 Å². The number of anilines is 1. The van der Waals surface area contributed by atoms with Gasteiger partial charge in [-0.05, 0) is 63.0 Å². The number of ether oxygens (including phenoxy) is 1. The summed E-state index contributed by atoms with van der Waals surface area (Å²) in [5.41, 5.74) is 2.77. The van der Waals surface area contributed by atoms with E-state index >= 15 is 0 Å². The van der Waals surface area contributed by atoms with Crippen LogP contribution < -0.4 is 10.1 Å². The summed E-state index contributed by atoms with van der Waals surface area (Å²) in [5.74, 6) is -1.19. The van der Waals surface area contributed by atoms with Crippen LogP contribution in [0.4, 0.5) is 5.69 Å². The molecule has 1 spiro atoms. The number of methoxy groups -OCH3 is 1. The third kappa shape index (κ3) is 3.58. The molecule has 3 heterocycles. The van der Waals surface area contributed by atoms with E-state index < -0.39 is 23.4 Å². The van der Waals surface area contributed by atoms with Crippen molar-refractivity contribution in [1.82, 2.24) is 4.90 Å². The predicted octanol–water partition coefficient (Wildman–Crippen LogP) is 6.44. The van der Waals surface area contributed by atoms with E-state index in [2.05, 4.69) is 21.2 Å². The zero-order valence-electron chi connectivity index (χ0n) is 22.1. The number of nitrogens with zero attached hydrogens (tertiary/aromatic N) is 1. The van der Waals surface area contributed by atoms with E-state index in [9.17, 15) is 14.4 Å². The lowest BCUT2D eigenvalue weighted by Gasteiger charge is -2.38. The van der Waals surface area contributed by atoms with Crippen LogP contribution in [0.1, 0.15) is 43.4 Å². The number of Topliss-reactive ketones (excluding diaryl/α,β-unsaturated/α-hetero) is 2. The Labute approximate surface area is 245 Å². The minimum atomic E-state index is -1.35. The Bertz CT molecular complexity index is 1770. The van der Waals surface area contributed by atoms with Gasteiger partial charge in [-0.25, -0.2) is 0 Å². The van der Waals surface area contributed by atoms with Crippen LogP contribution in [0.15, 0.2) is 108 Å². The quantitative estimate of drug-likeness (QED) is 0.265. The van der Waals surface area contributed by atoms with Crippen molar-refractivity contribution in [3.63, 3.8) is 0 Å². The normalized spacial score (nSPS) is 23.5. The third-order valence-electron chi connectivity index (χ3n) is 8.62. The number of carbonyl (C=O) groups excluding carboxylic acids is 3. The number of carbonyl (C=O) groups is 3. The Morgan fingerprint density at radius 2 is 1.61 bits per heavy atom. The fourth-order valence-electron chi connectivity index (χ4n) is 6.94. The van der Waals surface area contributed by atoms with Gasteiger partial charge >= 0.3 is 0 Å². The molecule has 6 nitrogen and oxygen atoms in total. The minimum Gasteiger partial charge on any atom is -0.496 e. The summed E-state index contributed by atoms with van der Waals surface area (Å²) in [6, 6.07) is 28.0. The molecule has 7 rings (SSSR count). The molecular formula is C34H25BrN2O4. The fourth-order valence-corrected chi connectivity index (χ4v) is 7.48. The van der Waals surface area contributed by atoms with E-state index in [1.54, 1.807) is 49.6 Å². The first-order chi connectivity index (χ1) is 20.0. The highest BCUT2D eigenvalue weighted by Crippen LogP contribution is 2.62. The summed E-state index contributed by atoms with van der Waals surface area (Å²) in [6.45, 7) is 0. The number of rotatable bonds is 5. The van der Waals surface area contributed by atoms with Crippen LogP contribution in [-0.2, 0) is 10.2 Å². The number of para-hydroxylation sites is 1. The molecule has 7 heteroatoms. The second-order valence-electron chi connectivity index (χ2n) is 10.5. The largest absolute Gasteiger partial charge is 0.496 e. The van der Waals surface area contributed by atoms with Crippen LogP contribution in [0.3, 0.4) is 0 Å². The van der Waals surface area contributed by atoms with E-state index in [4.69, 9.17) is 4.74 Å². The monoisotopic (exact) mass is 604 g/mol. The lowest BCUT2D eigenvalue weighted by molar-refractivity contribution is -0.122. The van der Waals surface area contributed by atoms with Crippen LogP contribution in [-0.4, -0.2) is 35.5 Å². The molecule has 0 bridgehead atoms. The van der Waals surface area contributed by atoms with Crippen molar-refractivity contribution in [3.8, 4) is 5.75 Å². The van der Waals surface area contributed by atoms with Crippen molar-refractivity contribution in [2.75, 3.05) is 12.4 Å². The Morgan fingerprint density at radius 3 is 2.39 bits per heavy atom. The SMILES string of the molecule is COc1ccc(C(=O)[C@@H]2[C@H](C(=O)c3ccccc3)[C@]3(C(=O)Nc4ccccc43)[C@@H]3c4ccccc4C=CN23)cc1Br. The van der Waals surface area contributed by atoms with Gasteiger partial charge in [0.05, 0.1) is 23.5 Å². The maximum absolute atomic E-state index is 14.7. The smallest absolute Gasteiger partial charge is 0.238 e. The van der Waals surface area contributed by atoms with Gasteiger partial charge < -0.3 is 15.0 Å². The van der Waals surface area contributed by atoms with E-state index in [0.717, 1.165) is 16.7 Å². The van der Waals surface area contributed by atoms with Crippen LogP contribution in [0.5, 0.6) is 5.75 Å². The summed E-state index contributed by atoms with van der Waals surface area (Å²) in [4.78, 5) is 45.8. The molecule has 0 aliphatic carbocycles. The van der Waals surface area contributed by atoms with E-state index in [-0.39, 0.29) is 17.5 Å². The molecule has 4 aromatic rings. The molecule has 1 amide bonds. The molecule has 202 valence electrons. The summed E-state index contributed by atoms with van der Waals surface area (Å²) in [6.07, 6.45) is 3.83. The molecule has 1 fully saturated rings. The predicted molar refractivity (Wildman–Crippen MR) is 160 cm³/mol. The van der Waals surface area contributed by atoms with Gasteiger partial charge in [0.2, 0.25) is 5.91 Å². The fraction of sp³-hybridized carbons (Fsp3) is 0.147. The van der Waals surface area contributed by atoms with Gasteiger partial charge in [0, 0.05) is 23.0 Å². The second-order valence-corrected chi connectivity index (χ2v) is 11.4. The zero-order chi connectivity index (χ0) is 28.3. The molecule has 41 heavy (non-hydrogen) atoms. The molecule has 0 saturated carbocycles. The van der Waals surface area contributed by atoms with Crippen molar-refractivity contribution < 1.29 is 19.1 Å². The first kappa shape index (κ1) is 25.5. The minimum absolute atomic E-state index is 0.245. The maximum Gasteiger partial charge on any atom is 0.238 e. The van der Waals surface area contributed by atoms with Gasteiger partial charge in [-0.3, -0.25) is 14.4 Å². The first-order valence-electron chi connectivity index (χ1n) is 13.4. The van der Waals surface area contributed by atoms with Crippen LogP contribution in [0.2, 0.25) is 0 Å². The Balaban J connectivity index is 1.52. The Kier molecular flexibility index (Phi) is 5.94. The lowest BCUT2D eigenvalue weighted by Crippen LogP contribution is -2.49. The second kappa shape index (κ2) is 9.56. The highest BCUT2D eigenvalue weighted by atomic mass is 79.9. The molecule has 4 atom stereocenters. The summed E-state index contributed by atoms with van der Waals surface area (Å²) in [7, 11) is 1.56. The number of hydrogen-bond acceptors (Lipinski definition) is 5. The molecule has 1 N–H and O–H groups in total. The van der Waals surface area contributed by atoms with Gasteiger partial charge in [0.1, 0.15) is 17.2 Å². The van der Waals surface area contributed by atoms with E-state index in [1.165, 1.54) is 0 Å². The third-order valence-corrected chi connectivity index (χ3v) is 9.24. The Morgan fingerprint density at radius 1 is 0.878 bits per heavy atom. The molecule has 0 radical (unpaired) electrons. The highest BCUT2D eigenvalue weighted by Gasteiger charge is 2.70. The lowest BCUT2D eigenvalue weighted by atomic mass is 9.62. The van der Waals surface area contributed by atoms with Crippen molar-refractivity contribution >= 4 is 45.2 Å². The van der Waals surface area contributed by atoms with E-state index in [1.807, 2.05) is 71.8 Å². The molecule has 3 aliphatic rings. The van der Waals surface area contributed by atoms with Gasteiger partial charge in [-0.1, -0.05) is 72.8 Å². The van der Waals surface area contributed by atoms with Gasteiger partial charge in [0.25, 0.3) is 0 Å². The topological polar surface area (TPSA) is 75.7 Å².